The number of nitrogens with zero attached hydrogens (tertiary/aromatic N) is 2. The highest BCUT2D eigenvalue weighted by atomic mass is 15.2. The van der Waals surface area contributed by atoms with E-state index in [1.54, 1.807) is 0 Å². The van der Waals surface area contributed by atoms with Crippen LogP contribution in [0, 0.1) is 5.92 Å². The summed E-state index contributed by atoms with van der Waals surface area (Å²) < 4.78 is 0. The van der Waals surface area contributed by atoms with E-state index in [4.69, 9.17) is 5.73 Å². The van der Waals surface area contributed by atoms with Gasteiger partial charge in [0.2, 0.25) is 0 Å². The summed E-state index contributed by atoms with van der Waals surface area (Å²) in [5.74, 6) is 0.673. The molecule has 1 rings (SSSR count). The summed E-state index contributed by atoms with van der Waals surface area (Å²) >= 11 is 0. The molecule has 1 saturated heterocycles. The summed E-state index contributed by atoms with van der Waals surface area (Å²) in [5, 5.41) is 0. The summed E-state index contributed by atoms with van der Waals surface area (Å²) in [6, 6.07) is 0.396. The van der Waals surface area contributed by atoms with Crippen molar-refractivity contribution in [1.29, 1.82) is 0 Å². The second-order valence-electron chi connectivity index (χ2n) is 4.20. The number of hydrogen-bond donors (Lipinski definition) is 1. The van der Waals surface area contributed by atoms with E-state index in [9.17, 15) is 0 Å². The van der Waals surface area contributed by atoms with Crippen LogP contribution >= 0.6 is 0 Å². The minimum absolute atomic E-state index is 0.396. The molecule has 0 aromatic heterocycles. The van der Waals surface area contributed by atoms with E-state index in [0.717, 1.165) is 19.6 Å². The third-order valence-corrected chi connectivity index (χ3v) is 2.61. The van der Waals surface area contributed by atoms with Crippen molar-refractivity contribution in [3.8, 4) is 0 Å². The number of hydrogen-bond acceptors (Lipinski definition) is 3. The van der Waals surface area contributed by atoms with Crippen LogP contribution in [-0.4, -0.2) is 56.1 Å². The number of likely N-dealkylation sites (N-methyl/N-ethyl adjacent to an activating group) is 1. The highest BCUT2D eigenvalue weighted by Gasteiger charge is 2.25. The normalized spacial score (nSPS) is 31.8. The van der Waals surface area contributed by atoms with Crippen molar-refractivity contribution in [1.82, 2.24) is 9.80 Å². The van der Waals surface area contributed by atoms with Gasteiger partial charge in [-0.3, -0.25) is 0 Å². The molecule has 12 heavy (non-hydrogen) atoms. The fourth-order valence-corrected chi connectivity index (χ4v) is 1.62. The van der Waals surface area contributed by atoms with Crippen LogP contribution in [0.4, 0.5) is 0 Å². The van der Waals surface area contributed by atoms with Gasteiger partial charge in [0.05, 0.1) is 0 Å². The van der Waals surface area contributed by atoms with E-state index in [2.05, 4.69) is 30.8 Å². The van der Waals surface area contributed by atoms with Crippen molar-refractivity contribution in [3.63, 3.8) is 0 Å². The fourth-order valence-electron chi connectivity index (χ4n) is 1.62. The first-order valence-electron chi connectivity index (χ1n) is 4.72. The van der Waals surface area contributed by atoms with Gasteiger partial charge in [-0.2, -0.15) is 0 Å². The van der Waals surface area contributed by atoms with Crippen molar-refractivity contribution in [3.05, 3.63) is 0 Å². The van der Waals surface area contributed by atoms with Gasteiger partial charge in [0.15, 0.2) is 0 Å². The lowest BCUT2D eigenvalue weighted by molar-refractivity contribution is 0.276. The highest BCUT2D eigenvalue weighted by Crippen LogP contribution is 2.13. The van der Waals surface area contributed by atoms with Gasteiger partial charge in [0, 0.05) is 32.2 Å². The van der Waals surface area contributed by atoms with Crippen LogP contribution in [-0.2, 0) is 0 Å². The zero-order valence-corrected chi connectivity index (χ0v) is 8.45. The topological polar surface area (TPSA) is 32.5 Å². The van der Waals surface area contributed by atoms with Crippen LogP contribution in [0.15, 0.2) is 0 Å². The smallest absolute Gasteiger partial charge is 0.0206 e. The van der Waals surface area contributed by atoms with Crippen LogP contribution in [0.5, 0.6) is 0 Å². The monoisotopic (exact) mass is 171 g/mol. The van der Waals surface area contributed by atoms with Gasteiger partial charge in [-0.15, -0.1) is 0 Å². The van der Waals surface area contributed by atoms with Crippen LogP contribution < -0.4 is 5.73 Å². The maximum absolute atomic E-state index is 5.92. The Labute approximate surface area is 75.5 Å². The predicted octanol–water partition coefficient (Wildman–Crippen LogP) is -0.173. The molecule has 2 atom stereocenters. The first kappa shape index (κ1) is 9.96. The quantitative estimate of drug-likeness (QED) is 0.640. The Balaban J connectivity index is 2.19. The first-order valence-corrected chi connectivity index (χ1v) is 4.72. The summed E-state index contributed by atoms with van der Waals surface area (Å²) in [7, 11) is 4.22. The average Bonchev–Trinajstić information content (AvgIpc) is 2.28. The molecule has 0 radical (unpaired) electrons. The van der Waals surface area contributed by atoms with Gasteiger partial charge in [0.25, 0.3) is 0 Å². The Bertz CT molecular complexity index is 126. The van der Waals surface area contributed by atoms with E-state index in [0.29, 0.717) is 12.0 Å². The molecule has 0 aromatic carbocycles. The molecule has 0 aromatic rings. The predicted molar refractivity (Wildman–Crippen MR) is 52.1 cm³/mol. The third kappa shape index (κ3) is 2.73. The lowest BCUT2D eigenvalue weighted by Gasteiger charge is -2.17. The lowest BCUT2D eigenvalue weighted by Crippen LogP contribution is -2.32. The summed E-state index contributed by atoms with van der Waals surface area (Å²) in [4.78, 5) is 4.67. The molecule has 0 amide bonds. The Hall–Kier alpha value is -0.120. The van der Waals surface area contributed by atoms with Crippen molar-refractivity contribution in [2.45, 2.75) is 13.0 Å². The third-order valence-electron chi connectivity index (χ3n) is 2.61. The van der Waals surface area contributed by atoms with Crippen LogP contribution in [0.1, 0.15) is 6.92 Å². The second-order valence-corrected chi connectivity index (χ2v) is 4.20. The Kier molecular flexibility index (Phi) is 3.50. The van der Waals surface area contributed by atoms with E-state index in [1.165, 1.54) is 6.54 Å². The second kappa shape index (κ2) is 4.21. The molecule has 0 bridgehead atoms. The Morgan fingerprint density at radius 3 is 2.50 bits per heavy atom. The molecule has 1 fully saturated rings. The average molecular weight is 171 g/mol. The summed E-state index contributed by atoms with van der Waals surface area (Å²) in [5.41, 5.74) is 5.92. The minimum atomic E-state index is 0.396. The van der Waals surface area contributed by atoms with Crippen molar-refractivity contribution in [2.24, 2.45) is 11.7 Å². The molecule has 1 aliphatic heterocycles. The molecular weight excluding hydrogens is 150 g/mol. The van der Waals surface area contributed by atoms with Crippen molar-refractivity contribution >= 4 is 0 Å². The Morgan fingerprint density at radius 1 is 1.42 bits per heavy atom. The van der Waals surface area contributed by atoms with Crippen LogP contribution in [0.25, 0.3) is 0 Å². The lowest BCUT2D eigenvalue weighted by atomic mass is 10.1. The van der Waals surface area contributed by atoms with Crippen molar-refractivity contribution < 1.29 is 0 Å². The molecule has 1 heterocycles. The van der Waals surface area contributed by atoms with Gasteiger partial charge in [-0.25, -0.2) is 0 Å². The first-order chi connectivity index (χ1) is 5.59. The van der Waals surface area contributed by atoms with Crippen LogP contribution in [0.3, 0.4) is 0 Å². The van der Waals surface area contributed by atoms with E-state index >= 15 is 0 Å². The molecule has 1 aliphatic rings. The standard InChI is InChI=1S/C9H21N3/c1-8-6-12(7-9(8)10)5-4-11(2)3/h8-9H,4-7,10H2,1-3H3/t8-,9+/m0/s1. The van der Waals surface area contributed by atoms with Gasteiger partial charge in [-0.05, 0) is 20.0 Å². The van der Waals surface area contributed by atoms with E-state index in [-0.39, 0.29) is 0 Å². The zero-order valence-electron chi connectivity index (χ0n) is 8.45. The van der Waals surface area contributed by atoms with Gasteiger partial charge in [-0.1, -0.05) is 6.92 Å². The largest absolute Gasteiger partial charge is 0.326 e. The number of likely N-dealkylation sites (tertiary alicyclic amines) is 1. The maximum atomic E-state index is 5.92. The van der Waals surface area contributed by atoms with Crippen molar-refractivity contribution in [2.75, 3.05) is 40.3 Å². The highest BCUT2D eigenvalue weighted by molar-refractivity contribution is 4.83. The zero-order chi connectivity index (χ0) is 9.14. The maximum Gasteiger partial charge on any atom is 0.0206 e. The Morgan fingerprint density at radius 2 is 2.08 bits per heavy atom. The van der Waals surface area contributed by atoms with Crippen LogP contribution in [0.2, 0.25) is 0 Å². The molecule has 0 aliphatic carbocycles. The molecule has 0 spiro atoms. The molecule has 72 valence electrons. The summed E-state index contributed by atoms with van der Waals surface area (Å²) in [6.07, 6.45) is 0. The van der Waals surface area contributed by atoms with Gasteiger partial charge >= 0.3 is 0 Å². The fraction of sp³-hybridized carbons (Fsp3) is 1.00. The van der Waals surface area contributed by atoms with E-state index < -0.39 is 0 Å². The number of nitrogens with two attached hydrogens (primary N) is 1. The molecule has 3 heteroatoms. The van der Waals surface area contributed by atoms with E-state index in [1.807, 2.05) is 0 Å². The van der Waals surface area contributed by atoms with Gasteiger partial charge in [0.1, 0.15) is 0 Å². The summed E-state index contributed by atoms with van der Waals surface area (Å²) in [6.45, 7) is 6.79. The molecular formula is C9H21N3. The molecule has 2 N–H and O–H groups in total. The SMILES string of the molecule is C[C@H]1CN(CCN(C)C)C[C@H]1N. The molecule has 3 nitrogen and oxygen atoms in total. The van der Waals surface area contributed by atoms with Gasteiger partial charge < -0.3 is 15.5 Å². The number of rotatable bonds is 3. The molecule has 0 saturated carbocycles. The molecule has 0 unspecified atom stereocenters. The minimum Gasteiger partial charge on any atom is -0.326 e.